The average molecular weight is 269 g/mol. The van der Waals surface area contributed by atoms with Crippen molar-refractivity contribution in [3.63, 3.8) is 0 Å². The lowest BCUT2D eigenvalue weighted by Crippen LogP contribution is -2.36. The van der Waals surface area contributed by atoms with E-state index in [0.717, 1.165) is 12.7 Å². The Kier molecular flexibility index (Phi) is 5.65. The molecule has 1 aromatic rings. The lowest BCUT2D eigenvalue weighted by molar-refractivity contribution is -0.119. The molecule has 0 aromatic heterocycles. The number of anilines is 1. The van der Waals surface area contributed by atoms with Crippen LogP contribution in [0.2, 0.25) is 5.02 Å². The molecule has 0 fully saturated rings. The Bertz CT molecular complexity index is 435. The molecule has 0 unspecified atom stereocenters. The molecule has 1 amide bonds. The molecule has 1 rings (SSSR count). The molecule has 0 spiro atoms. The van der Waals surface area contributed by atoms with Crippen molar-refractivity contribution in [1.29, 1.82) is 0 Å². The number of nitrogens with zero attached hydrogens (tertiary/aromatic N) is 1. The molecular formula is C13H17ClN2O2. The summed E-state index contributed by atoms with van der Waals surface area (Å²) in [6.45, 7) is 2.86. The summed E-state index contributed by atoms with van der Waals surface area (Å²) < 4.78 is 0. The van der Waals surface area contributed by atoms with E-state index < -0.39 is 0 Å². The second-order valence-electron chi connectivity index (χ2n) is 3.89. The predicted octanol–water partition coefficient (Wildman–Crippen LogP) is 2.11. The summed E-state index contributed by atoms with van der Waals surface area (Å²) in [4.78, 5) is 24.4. The van der Waals surface area contributed by atoms with Crippen molar-refractivity contribution in [2.45, 2.75) is 13.3 Å². The minimum atomic E-state index is -0.111. The number of aldehydes is 1. The molecule has 0 radical (unpaired) electrons. The maximum Gasteiger partial charge on any atom is 0.239 e. The highest BCUT2D eigenvalue weighted by Crippen LogP contribution is 2.29. The highest BCUT2D eigenvalue weighted by atomic mass is 35.5. The van der Waals surface area contributed by atoms with Crippen LogP contribution in [0.3, 0.4) is 0 Å². The molecule has 5 heteroatoms. The number of rotatable bonds is 6. The number of benzene rings is 1. The van der Waals surface area contributed by atoms with Gasteiger partial charge in [0.25, 0.3) is 0 Å². The summed E-state index contributed by atoms with van der Waals surface area (Å²) in [5, 5.41) is 3.05. The number of hydrogen-bond acceptors (Lipinski definition) is 3. The maximum absolute atomic E-state index is 11.5. The molecular weight excluding hydrogens is 252 g/mol. The zero-order chi connectivity index (χ0) is 13.5. The van der Waals surface area contributed by atoms with Crippen LogP contribution in [0.4, 0.5) is 5.69 Å². The van der Waals surface area contributed by atoms with Gasteiger partial charge in [0.1, 0.15) is 0 Å². The lowest BCUT2D eigenvalue weighted by Gasteiger charge is -2.25. The fourth-order valence-electron chi connectivity index (χ4n) is 1.75. The van der Waals surface area contributed by atoms with E-state index >= 15 is 0 Å². The zero-order valence-electron chi connectivity index (χ0n) is 10.6. The predicted molar refractivity (Wildman–Crippen MR) is 73.4 cm³/mol. The SMILES string of the molecule is CCCN(CC(=O)NC)c1c(Cl)cccc1C=O. The first kappa shape index (κ1) is 14.5. The minimum absolute atomic E-state index is 0.111. The molecule has 4 nitrogen and oxygen atoms in total. The van der Waals surface area contributed by atoms with Gasteiger partial charge in [-0.1, -0.05) is 24.6 Å². The number of likely N-dealkylation sites (N-methyl/N-ethyl adjacent to an activating group) is 1. The quantitative estimate of drug-likeness (QED) is 0.804. The number of carbonyl (C=O) groups excluding carboxylic acids is 2. The van der Waals surface area contributed by atoms with Crippen molar-refractivity contribution >= 4 is 29.5 Å². The van der Waals surface area contributed by atoms with Gasteiger partial charge < -0.3 is 10.2 Å². The largest absolute Gasteiger partial charge is 0.360 e. The Morgan fingerprint density at radius 3 is 2.78 bits per heavy atom. The summed E-state index contributed by atoms with van der Waals surface area (Å²) in [5.74, 6) is -0.111. The summed E-state index contributed by atoms with van der Waals surface area (Å²) in [6.07, 6.45) is 1.62. The number of halogens is 1. The Morgan fingerprint density at radius 1 is 1.50 bits per heavy atom. The van der Waals surface area contributed by atoms with Crippen molar-refractivity contribution < 1.29 is 9.59 Å². The first-order chi connectivity index (χ1) is 8.63. The summed E-state index contributed by atoms with van der Waals surface area (Å²) in [5.41, 5.74) is 1.12. The standard InChI is InChI=1S/C13H17ClN2O2/c1-3-7-16(8-12(18)15-2)13-10(9-17)5-4-6-11(13)14/h4-6,9H,3,7-8H2,1-2H3,(H,15,18). The van der Waals surface area contributed by atoms with Crippen LogP contribution in [0.15, 0.2) is 18.2 Å². The topological polar surface area (TPSA) is 49.4 Å². The van der Waals surface area contributed by atoms with E-state index in [2.05, 4.69) is 5.32 Å². The molecule has 0 aliphatic heterocycles. The van der Waals surface area contributed by atoms with Gasteiger partial charge in [-0.2, -0.15) is 0 Å². The van der Waals surface area contributed by atoms with E-state index in [1.165, 1.54) is 0 Å². The number of hydrogen-bond donors (Lipinski definition) is 1. The van der Waals surface area contributed by atoms with Gasteiger partial charge in [-0.15, -0.1) is 0 Å². The molecule has 0 aliphatic rings. The summed E-state index contributed by atoms with van der Waals surface area (Å²) >= 11 is 6.13. The van der Waals surface area contributed by atoms with E-state index in [1.54, 1.807) is 25.2 Å². The van der Waals surface area contributed by atoms with Crippen molar-refractivity contribution in [1.82, 2.24) is 5.32 Å². The second-order valence-corrected chi connectivity index (χ2v) is 4.30. The number of amides is 1. The summed E-state index contributed by atoms with van der Waals surface area (Å²) in [6, 6.07) is 5.14. The minimum Gasteiger partial charge on any atom is -0.360 e. The van der Waals surface area contributed by atoms with Gasteiger partial charge in [-0.25, -0.2) is 0 Å². The fraction of sp³-hybridized carbons (Fsp3) is 0.385. The number of para-hydroxylation sites is 1. The molecule has 0 atom stereocenters. The van der Waals surface area contributed by atoms with E-state index in [1.807, 2.05) is 11.8 Å². The molecule has 0 bridgehead atoms. The molecule has 0 aliphatic carbocycles. The third-order valence-electron chi connectivity index (χ3n) is 2.57. The van der Waals surface area contributed by atoms with Gasteiger partial charge in [0.2, 0.25) is 5.91 Å². The van der Waals surface area contributed by atoms with Gasteiger partial charge in [0.15, 0.2) is 6.29 Å². The van der Waals surface area contributed by atoms with Gasteiger partial charge in [-0.3, -0.25) is 9.59 Å². The van der Waals surface area contributed by atoms with Crippen LogP contribution in [0.5, 0.6) is 0 Å². The van der Waals surface area contributed by atoms with Crippen LogP contribution < -0.4 is 10.2 Å². The number of nitrogens with one attached hydrogen (secondary N) is 1. The highest BCUT2D eigenvalue weighted by Gasteiger charge is 2.16. The molecule has 0 heterocycles. The Hall–Kier alpha value is -1.55. The van der Waals surface area contributed by atoms with Gasteiger partial charge in [0, 0.05) is 19.2 Å². The molecule has 1 N–H and O–H groups in total. The van der Waals surface area contributed by atoms with Crippen molar-refractivity contribution in [3.8, 4) is 0 Å². The molecule has 18 heavy (non-hydrogen) atoms. The molecule has 98 valence electrons. The Balaban J connectivity index is 3.11. The van der Waals surface area contributed by atoms with Crippen LogP contribution in [0.25, 0.3) is 0 Å². The van der Waals surface area contributed by atoms with Gasteiger partial charge >= 0.3 is 0 Å². The van der Waals surface area contributed by atoms with Crippen LogP contribution in [0.1, 0.15) is 23.7 Å². The fourth-order valence-corrected chi connectivity index (χ4v) is 2.05. The van der Waals surface area contributed by atoms with Gasteiger partial charge in [-0.05, 0) is 18.6 Å². The van der Waals surface area contributed by atoms with Crippen molar-refractivity contribution in [2.24, 2.45) is 0 Å². The first-order valence-corrected chi connectivity index (χ1v) is 6.21. The first-order valence-electron chi connectivity index (χ1n) is 5.83. The molecule has 0 saturated heterocycles. The van der Waals surface area contributed by atoms with Crippen LogP contribution in [-0.2, 0) is 4.79 Å². The normalized spacial score (nSPS) is 9.94. The number of carbonyl (C=O) groups is 2. The summed E-state index contributed by atoms with van der Waals surface area (Å²) in [7, 11) is 1.58. The Morgan fingerprint density at radius 2 is 2.22 bits per heavy atom. The van der Waals surface area contributed by atoms with E-state index in [-0.39, 0.29) is 12.5 Å². The molecule has 0 saturated carbocycles. The molecule has 1 aromatic carbocycles. The smallest absolute Gasteiger partial charge is 0.239 e. The average Bonchev–Trinajstić information content (AvgIpc) is 2.37. The maximum atomic E-state index is 11.5. The van der Waals surface area contributed by atoms with E-state index in [0.29, 0.717) is 22.8 Å². The Labute approximate surface area is 112 Å². The third kappa shape index (κ3) is 3.47. The van der Waals surface area contributed by atoms with Crippen LogP contribution >= 0.6 is 11.6 Å². The third-order valence-corrected chi connectivity index (χ3v) is 2.87. The monoisotopic (exact) mass is 268 g/mol. The van der Waals surface area contributed by atoms with Crippen molar-refractivity contribution in [3.05, 3.63) is 28.8 Å². The van der Waals surface area contributed by atoms with Crippen molar-refractivity contribution in [2.75, 3.05) is 25.0 Å². The van der Waals surface area contributed by atoms with Gasteiger partial charge in [0.05, 0.1) is 17.3 Å². The zero-order valence-corrected chi connectivity index (χ0v) is 11.3. The lowest BCUT2D eigenvalue weighted by atomic mass is 10.1. The second kappa shape index (κ2) is 7.01. The highest BCUT2D eigenvalue weighted by molar-refractivity contribution is 6.34. The van der Waals surface area contributed by atoms with Crippen LogP contribution in [0, 0.1) is 0 Å². The van der Waals surface area contributed by atoms with E-state index in [9.17, 15) is 9.59 Å². The van der Waals surface area contributed by atoms with Crippen LogP contribution in [-0.4, -0.2) is 32.3 Å². The van der Waals surface area contributed by atoms with E-state index in [4.69, 9.17) is 11.6 Å².